The molecule has 0 spiro atoms. The first kappa shape index (κ1) is 25.3. The summed E-state index contributed by atoms with van der Waals surface area (Å²) in [5, 5.41) is 0. The number of ketones is 1. The number of nitrogens with zero attached hydrogens (tertiary/aromatic N) is 2. The van der Waals surface area contributed by atoms with Crippen LogP contribution in [0.2, 0.25) is 0 Å². The van der Waals surface area contributed by atoms with E-state index in [1.165, 1.54) is 16.7 Å². The summed E-state index contributed by atoms with van der Waals surface area (Å²) in [4.78, 5) is 18.1. The lowest BCUT2D eigenvalue weighted by molar-refractivity contribution is 0.102. The zero-order valence-electron chi connectivity index (χ0n) is 22.8. The predicted molar refractivity (Wildman–Crippen MR) is 154 cm³/mol. The van der Waals surface area contributed by atoms with Gasteiger partial charge in [-0.05, 0) is 72.4 Å². The van der Waals surface area contributed by atoms with Crippen LogP contribution < -0.4 is 19.1 Å². The molecule has 6 heteroatoms. The SMILES string of the molecule is COc1cc2c(cc1OC)CN(CCc1ccc(N3c4c(OC)cccc4C(=O)C4=CC=CCC43)cc1)CC2. The van der Waals surface area contributed by atoms with Crippen LogP contribution in [-0.4, -0.2) is 51.1 Å². The molecule has 0 fully saturated rings. The first-order valence-electron chi connectivity index (χ1n) is 13.5. The molecule has 2 aliphatic heterocycles. The second kappa shape index (κ2) is 10.6. The summed E-state index contributed by atoms with van der Waals surface area (Å²) in [5.41, 5.74) is 7.40. The molecule has 0 saturated carbocycles. The number of fused-ring (bicyclic) bond motifs is 3. The largest absolute Gasteiger partial charge is 0.495 e. The van der Waals surface area contributed by atoms with Gasteiger partial charge in [0.1, 0.15) is 5.75 Å². The van der Waals surface area contributed by atoms with Crippen LogP contribution in [0, 0.1) is 0 Å². The molecular formula is C33H34N2O4. The van der Waals surface area contributed by atoms with Gasteiger partial charge in [0, 0.05) is 36.5 Å². The van der Waals surface area contributed by atoms with E-state index in [1.54, 1.807) is 21.3 Å². The van der Waals surface area contributed by atoms with Gasteiger partial charge < -0.3 is 19.1 Å². The van der Waals surface area contributed by atoms with E-state index in [-0.39, 0.29) is 11.8 Å². The van der Waals surface area contributed by atoms with Crippen molar-refractivity contribution in [1.29, 1.82) is 0 Å². The van der Waals surface area contributed by atoms with Crippen LogP contribution in [0.5, 0.6) is 17.2 Å². The molecule has 39 heavy (non-hydrogen) atoms. The Morgan fingerprint density at radius 2 is 1.64 bits per heavy atom. The van der Waals surface area contributed by atoms with Crippen molar-refractivity contribution in [1.82, 2.24) is 4.90 Å². The van der Waals surface area contributed by atoms with E-state index in [2.05, 4.69) is 52.3 Å². The van der Waals surface area contributed by atoms with Crippen molar-refractivity contribution in [3.63, 3.8) is 0 Å². The van der Waals surface area contributed by atoms with E-state index in [0.29, 0.717) is 5.56 Å². The summed E-state index contributed by atoms with van der Waals surface area (Å²) in [7, 11) is 5.04. The number of rotatable bonds is 7. The second-order valence-corrected chi connectivity index (χ2v) is 10.3. The third-order valence-corrected chi connectivity index (χ3v) is 8.14. The quantitative estimate of drug-likeness (QED) is 0.385. The zero-order valence-corrected chi connectivity index (χ0v) is 22.8. The van der Waals surface area contributed by atoms with Crippen LogP contribution in [-0.2, 0) is 19.4 Å². The topological polar surface area (TPSA) is 51.2 Å². The Bertz CT molecular complexity index is 1460. The van der Waals surface area contributed by atoms with E-state index in [9.17, 15) is 4.79 Å². The third kappa shape index (κ3) is 4.59. The number of hydrogen-bond acceptors (Lipinski definition) is 6. The Morgan fingerprint density at radius 1 is 0.897 bits per heavy atom. The summed E-state index contributed by atoms with van der Waals surface area (Å²) in [6.07, 6.45) is 8.84. The number of carbonyl (C=O) groups excluding carboxylic acids is 1. The molecule has 0 radical (unpaired) electrons. The fourth-order valence-corrected chi connectivity index (χ4v) is 6.07. The highest BCUT2D eigenvalue weighted by Crippen LogP contribution is 2.46. The molecule has 200 valence electrons. The normalized spacial score (nSPS) is 18.1. The molecule has 1 aliphatic carbocycles. The van der Waals surface area contributed by atoms with Crippen LogP contribution in [0.3, 0.4) is 0 Å². The van der Waals surface area contributed by atoms with E-state index in [4.69, 9.17) is 14.2 Å². The van der Waals surface area contributed by atoms with Crippen LogP contribution in [0.4, 0.5) is 11.4 Å². The van der Waals surface area contributed by atoms with Crippen molar-refractivity contribution in [2.75, 3.05) is 39.3 Å². The molecular weight excluding hydrogens is 488 g/mol. The number of benzene rings is 3. The molecule has 3 aromatic carbocycles. The highest BCUT2D eigenvalue weighted by Gasteiger charge is 2.38. The first-order valence-corrected chi connectivity index (χ1v) is 13.5. The highest BCUT2D eigenvalue weighted by atomic mass is 16.5. The number of para-hydroxylation sites is 1. The zero-order chi connectivity index (χ0) is 26.9. The van der Waals surface area contributed by atoms with Gasteiger partial charge in [-0.1, -0.05) is 36.4 Å². The Kier molecular flexibility index (Phi) is 6.88. The molecule has 2 heterocycles. The van der Waals surface area contributed by atoms with Gasteiger partial charge in [-0.25, -0.2) is 0 Å². The van der Waals surface area contributed by atoms with Crippen LogP contribution in [0.1, 0.15) is 33.5 Å². The number of methoxy groups -OCH3 is 3. The maximum atomic E-state index is 13.3. The summed E-state index contributed by atoms with van der Waals surface area (Å²) < 4.78 is 16.7. The third-order valence-electron chi connectivity index (χ3n) is 8.14. The van der Waals surface area contributed by atoms with Crippen molar-refractivity contribution in [3.05, 3.63) is 101 Å². The fraction of sp³-hybridized carbons (Fsp3) is 0.303. The number of allylic oxidation sites excluding steroid dienone is 2. The summed E-state index contributed by atoms with van der Waals surface area (Å²) in [6.45, 7) is 2.93. The molecule has 0 aromatic heterocycles. The molecule has 0 saturated heterocycles. The van der Waals surface area contributed by atoms with Gasteiger partial charge in [-0.2, -0.15) is 0 Å². The molecule has 1 unspecified atom stereocenters. The summed E-state index contributed by atoms with van der Waals surface area (Å²) in [5.74, 6) is 2.40. The second-order valence-electron chi connectivity index (χ2n) is 10.3. The maximum absolute atomic E-state index is 13.3. The van der Waals surface area contributed by atoms with E-state index in [0.717, 1.165) is 73.1 Å². The average Bonchev–Trinajstić information content (AvgIpc) is 2.99. The van der Waals surface area contributed by atoms with E-state index < -0.39 is 0 Å². The van der Waals surface area contributed by atoms with Gasteiger partial charge in [-0.15, -0.1) is 0 Å². The molecule has 3 aliphatic rings. The Balaban J connectivity index is 1.20. The molecule has 0 amide bonds. The van der Waals surface area contributed by atoms with Crippen LogP contribution in [0.15, 0.2) is 78.4 Å². The lowest BCUT2D eigenvalue weighted by Gasteiger charge is -2.41. The van der Waals surface area contributed by atoms with Gasteiger partial charge in [0.2, 0.25) is 0 Å². The van der Waals surface area contributed by atoms with Gasteiger partial charge in [0.05, 0.1) is 33.1 Å². The summed E-state index contributed by atoms with van der Waals surface area (Å²) in [6, 6.07) is 18.7. The Morgan fingerprint density at radius 3 is 2.38 bits per heavy atom. The van der Waals surface area contributed by atoms with Crippen molar-refractivity contribution in [2.45, 2.75) is 31.8 Å². The highest BCUT2D eigenvalue weighted by molar-refractivity contribution is 6.17. The molecule has 3 aromatic rings. The van der Waals surface area contributed by atoms with Crippen LogP contribution >= 0.6 is 0 Å². The van der Waals surface area contributed by atoms with Gasteiger partial charge in [0.25, 0.3) is 0 Å². The van der Waals surface area contributed by atoms with Crippen molar-refractivity contribution in [3.8, 4) is 17.2 Å². The van der Waals surface area contributed by atoms with Crippen molar-refractivity contribution in [2.24, 2.45) is 0 Å². The van der Waals surface area contributed by atoms with Crippen LogP contribution in [0.25, 0.3) is 0 Å². The Hall–Kier alpha value is -4.03. The lowest BCUT2D eigenvalue weighted by Crippen LogP contribution is -2.41. The smallest absolute Gasteiger partial charge is 0.193 e. The fourth-order valence-electron chi connectivity index (χ4n) is 6.07. The number of ether oxygens (including phenoxy) is 3. The molecule has 0 bridgehead atoms. The summed E-state index contributed by atoms with van der Waals surface area (Å²) >= 11 is 0. The lowest BCUT2D eigenvalue weighted by atomic mass is 9.84. The monoisotopic (exact) mass is 522 g/mol. The number of Topliss-reactive ketones (excluding diaryl/α,β-unsaturated/α-hetero) is 1. The van der Waals surface area contributed by atoms with E-state index in [1.807, 2.05) is 30.4 Å². The minimum Gasteiger partial charge on any atom is -0.495 e. The van der Waals surface area contributed by atoms with E-state index >= 15 is 0 Å². The standard InChI is InChI=1S/C33H34N2O4/c1-37-29-10-6-8-27-32(29)35(28-9-5-4-7-26(28)33(27)36)25-13-11-22(12-14-25)15-17-34-18-16-23-19-30(38-2)31(39-3)20-24(23)21-34/h4-8,10-14,19-20,28H,9,15-18,21H2,1-3H3. The van der Waals surface area contributed by atoms with Gasteiger partial charge in [-0.3, -0.25) is 9.69 Å². The van der Waals surface area contributed by atoms with Crippen molar-refractivity contribution >= 4 is 17.2 Å². The average molecular weight is 523 g/mol. The minimum absolute atomic E-state index is 0.0406. The molecule has 0 N–H and O–H groups in total. The van der Waals surface area contributed by atoms with Crippen molar-refractivity contribution < 1.29 is 19.0 Å². The Labute approximate surface area is 230 Å². The molecule has 1 atom stereocenters. The van der Waals surface area contributed by atoms with Gasteiger partial charge >= 0.3 is 0 Å². The number of anilines is 2. The molecule has 6 nitrogen and oxygen atoms in total. The minimum atomic E-state index is -0.0406. The van der Waals surface area contributed by atoms with Gasteiger partial charge in [0.15, 0.2) is 17.3 Å². The number of hydrogen-bond donors (Lipinski definition) is 0. The molecule has 6 rings (SSSR count). The predicted octanol–water partition coefficient (Wildman–Crippen LogP) is 5.90. The maximum Gasteiger partial charge on any atom is 0.193 e. The number of carbonyl (C=O) groups is 1. The first-order chi connectivity index (χ1) is 19.1.